The molecule has 7 heteroatoms. The first kappa shape index (κ1) is 18.0. The maximum Gasteiger partial charge on any atom is 0.274 e. The minimum absolute atomic E-state index is 0.00238. The molecule has 7 nitrogen and oxygen atoms in total. The molecule has 0 spiro atoms. The van der Waals surface area contributed by atoms with E-state index in [1.165, 1.54) is 0 Å². The standard InChI is InChI=1S/C22H25N5O2/c1-2-27-19-8-12-26(21(28)16-5-6-18-15(13-16)7-9-23-18)14-17(19)20(24-27)22(29)25-10-3-4-11-25/h5-7,9,13,23H,2-4,8,10-12,14H2,1H3. The first-order valence-corrected chi connectivity index (χ1v) is 10.4. The van der Waals surface area contributed by atoms with Crippen molar-refractivity contribution in [3.63, 3.8) is 0 Å². The van der Waals surface area contributed by atoms with Gasteiger partial charge in [0.05, 0.1) is 6.54 Å². The maximum atomic E-state index is 13.2. The summed E-state index contributed by atoms with van der Waals surface area (Å²) in [6.07, 6.45) is 4.70. The van der Waals surface area contributed by atoms with E-state index < -0.39 is 0 Å². The number of aromatic nitrogens is 3. The topological polar surface area (TPSA) is 74.2 Å². The normalized spacial score (nSPS) is 16.4. The Morgan fingerprint density at radius 2 is 1.90 bits per heavy atom. The van der Waals surface area contributed by atoms with Crippen LogP contribution in [0, 0.1) is 0 Å². The first-order chi connectivity index (χ1) is 14.2. The number of amides is 2. The van der Waals surface area contributed by atoms with Gasteiger partial charge in [-0.1, -0.05) is 0 Å². The van der Waals surface area contributed by atoms with Gasteiger partial charge in [-0.05, 0) is 44.0 Å². The minimum Gasteiger partial charge on any atom is -0.361 e. The summed E-state index contributed by atoms with van der Waals surface area (Å²) in [7, 11) is 0. The molecule has 0 radical (unpaired) electrons. The van der Waals surface area contributed by atoms with Crippen LogP contribution in [0.15, 0.2) is 30.5 Å². The maximum absolute atomic E-state index is 13.2. The number of aryl methyl sites for hydroxylation is 1. The van der Waals surface area contributed by atoms with E-state index in [1.54, 1.807) is 0 Å². The predicted octanol–water partition coefficient (Wildman–Crippen LogP) is 2.82. The Hall–Kier alpha value is -3.09. The molecule has 1 fully saturated rings. The van der Waals surface area contributed by atoms with Crippen LogP contribution in [0.25, 0.3) is 10.9 Å². The second kappa shape index (κ2) is 7.06. The van der Waals surface area contributed by atoms with Crippen LogP contribution in [-0.2, 0) is 19.5 Å². The van der Waals surface area contributed by atoms with Crippen molar-refractivity contribution in [1.82, 2.24) is 24.6 Å². The number of hydrogen-bond acceptors (Lipinski definition) is 3. The quantitative estimate of drug-likeness (QED) is 0.746. The van der Waals surface area contributed by atoms with Crippen molar-refractivity contribution in [2.75, 3.05) is 19.6 Å². The van der Waals surface area contributed by atoms with E-state index in [1.807, 2.05) is 51.9 Å². The van der Waals surface area contributed by atoms with Gasteiger partial charge < -0.3 is 14.8 Å². The fourth-order valence-electron chi connectivity index (χ4n) is 4.54. The van der Waals surface area contributed by atoms with Gasteiger partial charge in [-0.2, -0.15) is 5.10 Å². The molecule has 3 aromatic rings. The third-order valence-electron chi connectivity index (χ3n) is 6.12. The molecule has 1 N–H and O–H groups in total. The van der Waals surface area contributed by atoms with Gasteiger partial charge >= 0.3 is 0 Å². The van der Waals surface area contributed by atoms with Crippen LogP contribution < -0.4 is 0 Å². The van der Waals surface area contributed by atoms with Crippen molar-refractivity contribution in [1.29, 1.82) is 0 Å². The van der Waals surface area contributed by atoms with E-state index in [2.05, 4.69) is 10.1 Å². The number of carbonyl (C=O) groups is 2. The summed E-state index contributed by atoms with van der Waals surface area (Å²) >= 11 is 0. The third-order valence-corrected chi connectivity index (χ3v) is 6.12. The van der Waals surface area contributed by atoms with E-state index in [-0.39, 0.29) is 11.8 Å². The minimum atomic E-state index is 0.00238. The van der Waals surface area contributed by atoms with Crippen LogP contribution in [0.5, 0.6) is 0 Å². The Kier molecular flexibility index (Phi) is 4.38. The fourth-order valence-corrected chi connectivity index (χ4v) is 4.54. The van der Waals surface area contributed by atoms with E-state index in [4.69, 9.17) is 0 Å². The zero-order chi connectivity index (χ0) is 20.0. The molecule has 0 unspecified atom stereocenters. The molecular weight excluding hydrogens is 366 g/mol. The van der Waals surface area contributed by atoms with Gasteiger partial charge in [-0.15, -0.1) is 0 Å². The van der Waals surface area contributed by atoms with Crippen LogP contribution in [-0.4, -0.2) is 56.0 Å². The highest BCUT2D eigenvalue weighted by Crippen LogP contribution is 2.26. The zero-order valence-corrected chi connectivity index (χ0v) is 16.6. The van der Waals surface area contributed by atoms with Crippen molar-refractivity contribution < 1.29 is 9.59 Å². The molecule has 5 rings (SSSR count). The fraction of sp³-hybridized carbons (Fsp3) is 0.409. The molecule has 1 aromatic carbocycles. The Balaban J connectivity index is 1.45. The van der Waals surface area contributed by atoms with Gasteiger partial charge in [0.1, 0.15) is 0 Å². The van der Waals surface area contributed by atoms with E-state index >= 15 is 0 Å². The molecule has 0 atom stereocenters. The molecule has 29 heavy (non-hydrogen) atoms. The molecular formula is C22H25N5O2. The second-order valence-electron chi connectivity index (χ2n) is 7.85. The summed E-state index contributed by atoms with van der Waals surface area (Å²) in [6, 6.07) is 7.70. The van der Waals surface area contributed by atoms with E-state index in [9.17, 15) is 9.59 Å². The first-order valence-electron chi connectivity index (χ1n) is 10.4. The molecule has 0 aliphatic carbocycles. The van der Waals surface area contributed by atoms with Crippen molar-refractivity contribution in [3.05, 3.63) is 53.0 Å². The smallest absolute Gasteiger partial charge is 0.274 e. The largest absolute Gasteiger partial charge is 0.361 e. The lowest BCUT2D eigenvalue weighted by Crippen LogP contribution is -2.37. The van der Waals surface area contributed by atoms with Crippen LogP contribution in [0.4, 0.5) is 0 Å². The van der Waals surface area contributed by atoms with Crippen LogP contribution in [0.1, 0.15) is 51.9 Å². The number of rotatable bonds is 3. The SMILES string of the molecule is CCn1nc(C(=O)N2CCCC2)c2c1CCN(C(=O)c1ccc3[nH]ccc3c1)C2. The number of fused-ring (bicyclic) bond motifs is 2. The van der Waals surface area contributed by atoms with E-state index in [0.717, 1.165) is 61.1 Å². The molecule has 150 valence electrons. The Bertz CT molecular complexity index is 1090. The average molecular weight is 391 g/mol. The Morgan fingerprint density at radius 3 is 2.69 bits per heavy atom. The number of carbonyl (C=O) groups excluding carboxylic acids is 2. The van der Waals surface area contributed by atoms with Crippen molar-refractivity contribution >= 4 is 22.7 Å². The van der Waals surface area contributed by atoms with Gasteiger partial charge in [0.25, 0.3) is 11.8 Å². The Labute approximate surface area is 169 Å². The molecule has 4 heterocycles. The van der Waals surface area contributed by atoms with Crippen molar-refractivity contribution in [2.24, 2.45) is 0 Å². The van der Waals surface area contributed by atoms with Gasteiger partial charge in [-0.3, -0.25) is 14.3 Å². The van der Waals surface area contributed by atoms with Gasteiger partial charge in [0.15, 0.2) is 5.69 Å². The molecule has 1 saturated heterocycles. The average Bonchev–Trinajstić information content (AvgIpc) is 3.51. The highest BCUT2D eigenvalue weighted by Gasteiger charge is 2.32. The number of benzene rings is 1. The molecule has 2 amide bonds. The van der Waals surface area contributed by atoms with Crippen molar-refractivity contribution in [3.8, 4) is 0 Å². The number of aromatic amines is 1. The van der Waals surface area contributed by atoms with Crippen LogP contribution >= 0.6 is 0 Å². The summed E-state index contributed by atoms with van der Waals surface area (Å²) < 4.78 is 1.94. The summed E-state index contributed by atoms with van der Waals surface area (Å²) in [6.45, 7) is 5.45. The van der Waals surface area contributed by atoms with Gasteiger partial charge in [0, 0.05) is 66.5 Å². The lowest BCUT2D eigenvalue weighted by molar-refractivity contribution is 0.0722. The third kappa shape index (κ3) is 3.01. The molecule has 0 bridgehead atoms. The van der Waals surface area contributed by atoms with E-state index in [0.29, 0.717) is 24.3 Å². The molecule has 2 aliphatic heterocycles. The molecule has 0 saturated carbocycles. The predicted molar refractivity (Wildman–Crippen MR) is 110 cm³/mol. The highest BCUT2D eigenvalue weighted by atomic mass is 16.2. The molecule has 2 aromatic heterocycles. The number of likely N-dealkylation sites (tertiary alicyclic amines) is 1. The summed E-state index contributed by atoms with van der Waals surface area (Å²) in [5.41, 5.74) is 4.25. The second-order valence-corrected chi connectivity index (χ2v) is 7.85. The van der Waals surface area contributed by atoms with Gasteiger partial charge in [-0.25, -0.2) is 0 Å². The van der Waals surface area contributed by atoms with Crippen molar-refractivity contribution in [2.45, 2.75) is 39.3 Å². The summed E-state index contributed by atoms with van der Waals surface area (Å²) in [5.74, 6) is 0.0107. The highest BCUT2D eigenvalue weighted by molar-refractivity contribution is 5.99. The molecule has 2 aliphatic rings. The lowest BCUT2D eigenvalue weighted by Gasteiger charge is -2.28. The summed E-state index contributed by atoms with van der Waals surface area (Å²) in [5, 5.41) is 5.66. The Morgan fingerprint density at radius 1 is 1.07 bits per heavy atom. The van der Waals surface area contributed by atoms with Crippen LogP contribution in [0.2, 0.25) is 0 Å². The number of nitrogens with zero attached hydrogens (tertiary/aromatic N) is 4. The number of nitrogens with one attached hydrogen (secondary N) is 1. The monoisotopic (exact) mass is 391 g/mol. The van der Waals surface area contributed by atoms with Crippen LogP contribution in [0.3, 0.4) is 0 Å². The number of H-pyrrole nitrogens is 1. The number of hydrogen-bond donors (Lipinski definition) is 1. The zero-order valence-electron chi connectivity index (χ0n) is 16.6. The lowest BCUT2D eigenvalue weighted by atomic mass is 10.0. The van der Waals surface area contributed by atoms with Gasteiger partial charge in [0.2, 0.25) is 0 Å². The summed E-state index contributed by atoms with van der Waals surface area (Å²) in [4.78, 5) is 33.1.